The number of hydrogen-bond acceptors (Lipinski definition) is 4. The number of thiazole rings is 1. The van der Waals surface area contributed by atoms with E-state index in [4.69, 9.17) is 4.99 Å². The second kappa shape index (κ2) is 6.78. The number of fused-ring (bicyclic) bond motifs is 1. The first-order valence-electron chi connectivity index (χ1n) is 8.32. The molecule has 0 fully saturated rings. The van der Waals surface area contributed by atoms with Crippen molar-refractivity contribution in [3.8, 4) is 0 Å². The lowest BCUT2D eigenvalue weighted by molar-refractivity contribution is 0.627. The third kappa shape index (κ3) is 2.89. The molecule has 0 saturated heterocycles. The van der Waals surface area contributed by atoms with Crippen LogP contribution in [-0.2, 0) is 6.54 Å². The van der Waals surface area contributed by atoms with Crippen molar-refractivity contribution < 1.29 is 4.39 Å². The topological polar surface area (TPSA) is 20.5 Å². The number of hydrogen-bond donors (Lipinski definition) is 0. The number of nitrogens with zero attached hydrogens (tertiary/aromatic N) is 3. The molecule has 0 amide bonds. The highest BCUT2D eigenvalue weighted by atomic mass is 32.2. The van der Waals surface area contributed by atoms with Crippen molar-refractivity contribution in [2.24, 2.45) is 4.99 Å². The maximum absolute atomic E-state index is 13.6. The molecule has 3 aromatic rings. The Kier molecular flexibility index (Phi) is 4.46. The summed E-state index contributed by atoms with van der Waals surface area (Å²) in [6, 6.07) is 14.8. The Hall–Kier alpha value is -2.31. The summed E-state index contributed by atoms with van der Waals surface area (Å²) in [6.07, 6.45) is 0. The summed E-state index contributed by atoms with van der Waals surface area (Å²) in [5.74, 6) is -0.220. The fourth-order valence-electron chi connectivity index (χ4n) is 2.95. The zero-order chi connectivity index (χ0) is 18.3. The molecule has 26 heavy (non-hydrogen) atoms. The van der Waals surface area contributed by atoms with Gasteiger partial charge in [0.25, 0.3) is 0 Å². The van der Waals surface area contributed by atoms with Crippen molar-refractivity contribution in [3.05, 3.63) is 69.0 Å². The van der Waals surface area contributed by atoms with Crippen LogP contribution < -0.4 is 19.6 Å². The molecule has 3 nitrogen and oxygen atoms in total. The van der Waals surface area contributed by atoms with E-state index in [1.165, 1.54) is 6.07 Å². The number of halogens is 1. The van der Waals surface area contributed by atoms with Gasteiger partial charge >= 0.3 is 0 Å². The Morgan fingerprint density at radius 3 is 2.65 bits per heavy atom. The average molecular weight is 384 g/mol. The Bertz CT molecular complexity index is 1150. The summed E-state index contributed by atoms with van der Waals surface area (Å²) in [5, 5.41) is 2.01. The number of rotatable bonds is 2. The molecule has 1 aliphatic heterocycles. The Morgan fingerprint density at radius 1 is 1.15 bits per heavy atom. The minimum Gasteiger partial charge on any atom is -0.337 e. The van der Waals surface area contributed by atoms with Gasteiger partial charge in [0.1, 0.15) is 5.82 Å². The molecule has 2 heterocycles. The highest BCUT2D eigenvalue weighted by Crippen LogP contribution is 2.45. The number of thioether (sulfide) groups is 1. The van der Waals surface area contributed by atoms with Crippen LogP contribution in [0, 0.1) is 5.82 Å². The van der Waals surface area contributed by atoms with Crippen LogP contribution in [0.2, 0.25) is 0 Å². The molecular formula is C20H18FN3S2. The van der Waals surface area contributed by atoms with E-state index in [0.717, 1.165) is 42.5 Å². The number of benzene rings is 2. The molecule has 0 spiro atoms. The van der Waals surface area contributed by atoms with Gasteiger partial charge in [0, 0.05) is 18.5 Å². The van der Waals surface area contributed by atoms with Gasteiger partial charge in [-0.05, 0) is 37.3 Å². The molecule has 0 aliphatic carbocycles. The van der Waals surface area contributed by atoms with E-state index in [1.54, 1.807) is 29.2 Å². The summed E-state index contributed by atoms with van der Waals surface area (Å²) in [6.45, 7) is 7.18. The van der Waals surface area contributed by atoms with Crippen LogP contribution in [0.4, 0.5) is 15.8 Å². The minimum absolute atomic E-state index is 0.220. The lowest BCUT2D eigenvalue weighted by Gasteiger charge is -2.12. The lowest BCUT2D eigenvalue weighted by Crippen LogP contribution is -2.33. The molecule has 1 aromatic heterocycles. The first kappa shape index (κ1) is 17.1. The van der Waals surface area contributed by atoms with Gasteiger partial charge in [-0.25, -0.2) is 9.38 Å². The molecule has 0 N–H and O–H groups in total. The first-order valence-corrected chi connectivity index (χ1v) is 9.95. The second-order valence-electron chi connectivity index (χ2n) is 5.93. The van der Waals surface area contributed by atoms with Gasteiger partial charge in [0.15, 0.2) is 4.80 Å². The van der Waals surface area contributed by atoms with Gasteiger partial charge < -0.3 is 9.47 Å². The van der Waals surface area contributed by atoms with Crippen molar-refractivity contribution >= 4 is 46.1 Å². The van der Waals surface area contributed by atoms with E-state index < -0.39 is 0 Å². The van der Waals surface area contributed by atoms with E-state index in [2.05, 4.69) is 18.1 Å². The van der Waals surface area contributed by atoms with Crippen LogP contribution in [0.5, 0.6) is 0 Å². The summed E-state index contributed by atoms with van der Waals surface area (Å²) in [4.78, 5) is 8.81. The summed E-state index contributed by atoms with van der Waals surface area (Å²) in [7, 11) is 1.97. The molecule has 6 heteroatoms. The highest BCUT2D eigenvalue weighted by Gasteiger charge is 2.24. The van der Waals surface area contributed by atoms with E-state index in [0.29, 0.717) is 0 Å². The third-order valence-electron chi connectivity index (χ3n) is 4.30. The van der Waals surface area contributed by atoms with E-state index in [1.807, 2.05) is 48.3 Å². The smallest absolute Gasteiger partial charge is 0.191 e. The van der Waals surface area contributed by atoms with Crippen molar-refractivity contribution in [1.29, 1.82) is 0 Å². The van der Waals surface area contributed by atoms with Gasteiger partial charge in [0.05, 0.1) is 26.3 Å². The monoisotopic (exact) mass is 383 g/mol. The Labute approximate surface area is 159 Å². The minimum atomic E-state index is -0.220. The fourth-order valence-corrected chi connectivity index (χ4v) is 5.43. The van der Waals surface area contributed by atoms with Crippen LogP contribution in [0.1, 0.15) is 6.92 Å². The zero-order valence-corrected chi connectivity index (χ0v) is 16.2. The van der Waals surface area contributed by atoms with Crippen molar-refractivity contribution in [2.75, 3.05) is 11.9 Å². The van der Waals surface area contributed by atoms with Crippen LogP contribution >= 0.6 is 23.1 Å². The van der Waals surface area contributed by atoms with Gasteiger partial charge in [-0.2, -0.15) is 0 Å². The van der Waals surface area contributed by atoms with Gasteiger partial charge in [-0.3, -0.25) is 0 Å². The summed E-state index contributed by atoms with van der Waals surface area (Å²) in [5.41, 5.74) is 1.81. The van der Waals surface area contributed by atoms with Crippen molar-refractivity contribution in [2.45, 2.75) is 18.4 Å². The van der Waals surface area contributed by atoms with Gasteiger partial charge in [-0.15, -0.1) is 0 Å². The molecule has 0 bridgehead atoms. The van der Waals surface area contributed by atoms with Crippen LogP contribution in [0.25, 0.3) is 11.6 Å². The molecular weight excluding hydrogens is 365 g/mol. The third-order valence-corrected chi connectivity index (χ3v) is 6.79. The standard InChI is InChI=1S/C20H18FN3S2/c1-4-24-13(2)18(26-20(24)22-15-8-6-5-7-9-15)19-23(3)16-12-14(21)10-11-17(16)25-19/h5-12H,2,4H2,1,3H3/b19-18+,22-20-. The molecule has 2 aromatic carbocycles. The lowest BCUT2D eigenvalue weighted by atomic mass is 10.3. The molecule has 0 radical (unpaired) electrons. The number of anilines is 1. The quantitative estimate of drug-likeness (QED) is 0.673. The Morgan fingerprint density at radius 2 is 1.92 bits per heavy atom. The maximum Gasteiger partial charge on any atom is 0.191 e. The molecule has 0 saturated carbocycles. The molecule has 1 aliphatic rings. The Balaban J connectivity index is 1.93. The van der Waals surface area contributed by atoms with Crippen LogP contribution in [0.3, 0.4) is 0 Å². The number of para-hydroxylation sites is 1. The molecule has 0 atom stereocenters. The molecule has 0 unspecified atom stereocenters. The fraction of sp³-hybridized carbons (Fsp3) is 0.150. The van der Waals surface area contributed by atoms with Crippen LogP contribution in [0.15, 0.2) is 58.4 Å². The molecule has 132 valence electrons. The largest absolute Gasteiger partial charge is 0.337 e. The second-order valence-corrected chi connectivity index (χ2v) is 7.94. The van der Waals surface area contributed by atoms with Gasteiger partial charge in [0.2, 0.25) is 0 Å². The molecule has 4 rings (SSSR count). The predicted octanol–water partition coefficient (Wildman–Crippen LogP) is 3.66. The average Bonchev–Trinajstić information content (AvgIpc) is 3.12. The van der Waals surface area contributed by atoms with Crippen molar-refractivity contribution in [3.63, 3.8) is 0 Å². The summed E-state index contributed by atoms with van der Waals surface area (Å²) >= 11 is 3.27. The normalized spacial score (nSPS) is 16.3. The van der Waals surface area contributed by atoms with E-state index >= 15 is 0 Å². The van der Waals surface area contributed by atoms with Crippen LogP contribution in [-0.4, -0.2) is 11.6 Å². The zero-order valence-electron chi connectivity index (χ0n) is 14.6. The van der Waals surface area contributed by atoms with Gasteiger partial charge in [-0.1, -0.05) is 47.9 Å². The summed E-state index contributed by atoms with van der Waals surface area (Å²) < 4.78 is 16.8. The first-order chi connectivity index (χ1) is 12.6. The van der Waals surface area contributed by atoms with E-state index in [-0.39, 0.29) is 5.82 Å². The predicted molar refractivity (Wildman–Crippen MR) is 108 cm³/mol. The number of aromatic nitrogens is 1. The van der Waals surface area contributed by atoms with E-state index in [9.17, 15) is 4.39 Å². The highest BCUT2D eigenvalue weighted by molar-refractivity contribution is 8.08. The van der Waals surface area contributed by atoms with Crippen molar-refractivity contribution in [1.82, 2.24) is 4.57 Å². The maximum atomic E-state index is 13.6. The SMILES string of the molecule is C=c1/c(=C2\Sc3ccc(F)cc3N2C)s/c(=N\c2ccccc2)n1CC.